The Morgan fingerprint density at radius 2 is 1.57 bits per heavy atom. The quantitative estimate of drug-likeness (QED) is 0.451. The summed E-state index contributed by atoms with van der Waals surface area (Å²) in [5.41, 5.74) is 1.99. The summed E-state index contributed by atoms with van der Waals surface area (Å²) >= 11 is 0. The van der Waals surface area contributed by atoms with Gasteiger partial charge in [0.2, 0.25) is 5.88 Å². The van der Waals surface area contributed by atoms with E-state index in [-0.39, 0.29) is 24.1 Å². The van der Waals surface area contributed by atoms with Crippen molar-refractivity contribution in [1.82, 2.24) is 10.5 Å². The van der Waals surface area contributed by atoms with E-state index in [9.17, 15) is 19.5 Å². The van der Waals surface area contributed by atoms with Gasteiger partial charge in [0.1, 0.15) is 6.61 Å². The second-order valence-electron chi connectivity index (χ2n) is 9.54. The number of carbonyl (C=O) groups is 3. The summed E-state index contributed by atoms with van der Waals surface area (Å²) in [7, 11) is 0. The standard InChI is InChI=1S/C26H27N3O6/c1-25(2,23(31)32)26(3,4)28-22(30)20-13-21(35-29-20)27-24(33)34-14-19-17-11-7-5-9-15(17)16-10-6-8-12-18(16)19/h5-13,19H,14H2,1-4H3,(H,27,33)(H,28,30)(H,31,32). The minimum absolute atomic E-state index is 0.0670. The summed E-state index contributed by atoms with van der Waals surface area (Å²) in [6, 6.07) is 17.3. The average molecular weight is 478 g/mol. The third kappa shape index (κ3) is 4.49. The molecule has 2 amide bonds. The number of aliphatic carboxylic acids is 1. The highest BCUT2D eigenvalue weighted by atomic mass is 16.6. The second kappa shape index (κ2) is 8.90. The van der Waals surface area contributed by atoms with E-state index in [1.165, 1.54) is 19.9 Å². The summed E-state index contributed by atoms with van der Waals surface area (Å²) in [5.74, 6) is -1.85. The number of nitrogens with one attached hydrogen (secondary N) is 2. The number of fused-ring (bicyclic) bond motifs is 3. The smallest absolute Gasteiger partial charge is 0.414 e. The Morgan fingerprint density at radius 1 is 1.00 bits per heavy atom. The lowest BCUT2D eigenvalue weighted by atomic mass is 9.74. The van der Waals surface area contributed by atoms with Crippen LogP contribution in [-0.4, -0.2) is 40.4 Å². The van der Waals surface area contributed by atoms with Crippen LogP contribution < -0.4 is 10.6 Å². The number of anilines is 1. The van der Waals surface area contributed by atoms with Crippen LogP contribution in [0.5, 0.6) is 0 Å². The van der Waals surface area contributed by atoms with Gasteiger partial charge >= 0.3 is 12.1 Å². The van der Waals surface area contributed by atoms with Gasteiger partial charge in [-0.1, -0.05) is 53.7 Å². The molecule has 0 atom stereocenters. The molecule has 9 heteroatoms. The topological polar surface area (TPSA) is 131 Å². The van der Waals surface area contributed by atoms with E-state index >= 15 is 0 Å². The van der Waals surface area contributed by atoms with E-state index in [1.807, 2.05) is 48.5 Å². The van der Waals surface area contributed by atoms with Crippen molar-refractivity contribution in [3.8, 4) is 11.1 Å². The van der Waals surface area contributed by atoms with Crippen LogP contribution in [0.3, 0.4) is 0 Å². The lowest BCUT2D eigenvalue weighted by molar-refractivity contribution is -0.150. The van der Waals surface area contributed by atoms with Crippen molar-refractivity contribution in [3.63, 3.8) is 0 Å². The zero-order valence-electron chi connectivity index (χ0n) is 19.9. The van der Waals surface area contributed by atoms with Gasteiger partial charge in [-0.05, 0) is 49.9 Å². The predicted molar refractivity (Wildman–Crippen MR) is 128 cm³/mol. The number of nitrogens with zero attached hydrogens (tertiary/aromatic N) is 1. The molecule has 0 saturated carbocycles. The van der Waals surface area contributed by atoms with Crippen molar-refractivity contribution >= 4 is 23.9 Å². The molecule has 1 aliphatic carbocycles. The lowest BCUT2D eigenvalue weighted by Crippen LogP contribution is -2.57. The highest BCUT2D eigenvalue weighted by Crippen LogP contribution is 2.44. The van der Waals surface area contributed by atoms with E-state index in [0.29, 0.717) is 0 Å². The number of carbonyl (C=O) groups excluding carboxylic acids is 2. The van der Waals surface area contributed by atoms with Crippen LogP contribution >= 0.6 is 0 Å². The zero-order chi connectivity index (χ0) is 25.4. The Balaban J connectivity index is 1.38. The summed E-state index contributed by atoms with van der Waals surface area (Å²) in [6.45, 7) is 6.37. The second-order valence-corrected chi connectivity index (χ2v) is 9.54. The Kier molecular flexibility index (Phi) is 6.10. The SMILES string of the molecule is CC(C)(NC(=O)c1cc(NC(=O)OCC2c3ccccc3-c3ccccc32)on1)C(C)(C)C(=O)O. The van der Waals surface area contributed by atoms with Crippen molar-refractivity contribution < 1.29 is 28.8 Å². The van der Waals surface area contributed by atoms with Gasteiger partial charge in [-0.3, -0.25) is 14.9 Å². The van der Waals surface area contributed by atoms with Gasteiger partial charge in [-0.25, -0.2) is 4.79 Å². The fourth-order valence-corrected chi connectivity index (χ4v) is 3.95. The van der Waals surface area contributed by atoms with Crippen molar-refractivity contribution in [2.24, 2.45) is 5.41 Å². The van der Waals surface area contributed by atoms with Crippen LogP contribution in [0.25, 0.3) is 11.1 Å². The van der Waals surface area contributed by atoms with E-state index in [4.69, 9.17) is 9.26 Å². The summed E-state index contributed by atoms with van der Waals surface area (Å²) in [4.78, 5) is 36.6. The molecule has 0 spiro atoms. The molecule has 1 aliphatic rings. The van der Waals surface area contributed by atoms with Gasteiger partial charge in [-0.2, -0.15) is 0 Å². The molecule has 0 radical (unpaired) electrons. The molecule has 1 heterocycles. The number of carboxylic acid groups (broad SMARTS) is 1. The molecular formula is C26H27N3O6. The summed E-state index contributed by atoms with van der Waals surface area (Å²) < 4.78 is 10.5. The van der Waals surface area contributed by atoms with Crippen LogP contribution in [0.2, 0.25) is 0 Å². The molecule has 0 unspecified atom stereocenters. The molecule has 1 aromatic heterocycles. The molecule has 4 rings (SSSR count). The Hall–Kier alpha value is -4.14. The summed E-state index contributed by atoms with van der Waals surface area (Å²) in [5, 5.41) is 18.2. The molecule has 0 saturated heterocycles. The van der Waals surface area contributed by atoms with Gasteiger partial charge in [0.05, 0.1) is 11.0 Å². The molecule has 3 N–H and O–H groups in total. The number of aromatic nitrogens is 1. The van der Waals surface area contributed by atoms with Crippen molar-refractivity contribution in [2.75, 3.05) is 11.9 Å². The van der Waals surface area contributed by atoms with Crippen molar-refractivity contribution in [1.29, 1.82) is 0 Å². The fraction of sp³-hybridized carbons (Fsp3) is 0.308. The molecule has 0 fully saturated rings. The Morgan fingerprint density at radius 3 is 2.14 bits per heavy atom. The maximum atomic E-state index is 12.6. The normalized spacial score (nSPS) is 13.0. The highest BCUT2D eigenvalue weighted by molar-refractivity contribution is 5.95. The molecule has 0 bridgehead atoms. The van der Waals surface area contributed by atoms with Gasteiger partial charge in [0, 0.05) is 12.0 Å². The third-order valence-electron chi connectivity index (χ3n) is 6.83. The first-order valence-corrected chi connectivity index (χ1v) is 11.2. The fourth-order valence-electron chi connectivity index (χ4n) is 3.95. The number of rotatable bonds is 7. The van der Waals surface area contributed by atoms with Gasteiger partial charge in [0.25, 0.3) is 5.91 Å². The van der Waals surface area contributed by atoms with Crippen LogP contribution in [0.4, 0.5) is 10.7 Å². The molecule has 2 aromatic carbocycles. The van der Waals surface area contributed by atoms with E-state index in [0.717, 1.165) is 22.3 Å². The monoisotopic (exact) mass is 477 g/mol. The lowest BCUT2D eigenvalue weighted by Gasteiger charge is -2.38. The minimum Gasteiger partial charge on any atom is -0.481 e. The van der Waals surface area contributed by atoms with Crippen LogP contribution in [-0.2, 0) is 9.53 Å². The van der Waals surface area contributed by atoms with Crippen LogP contribution in [0.15, 0.2) is 59.1 Å². The predicted octanol–water partition coefficient (Wildman–Crippen LogP) is 4.65. The maximum absolute atomic E-state index is 12.6. The molecule has 182 valence electrons. The zero-order valence-corrected chi connectivity index (χ0v) is 19.9. The van der Waals surface area contributed by atoms with E-state index < -0.39 is 28.9 Å². The number of hydrogen-bond acceptors (Lipinski definition) is 6. The number of amides is 2. The summed E-state index contributed by atoms with van der Waals surface area (Å²) in [6.07, 6.45) is -0.748. The number of carboxylic acids is 1. The molecular weight excluding hydrogens is 450 g/mol. The molecule has 9 nitrogen and oxygen atoms in total. The van der Waals surface area contributed by atoms with Gasteiger partial charge in [-0.15, -0.1) is 0 Å². The largest absolute Gasteiger partial charge is 0.481 e. The van der Waals surface area contributed by atoms with Crippen molar-refractivity contribution in [3.05, 3.63) is 71.4 Å². The Labute approximate surface area is 202 Å². The van der Waals surface area contributed by atoms with Gasteiger partial charge < -0.3 is 19.7 Å². The first-order chi connectivity index (χ1) is 16.5. The molecule has 0 aliphatic heterocycles. The van der Waals surface area contributed by atoms with E-state index in [2.05, 4.69) is 15.8 Å². The first-order valence-electron chi connectivity index (χ1n) is 11.2. The number of hydrogen-bond donors (Lipinski definition) is 3. The molecule has 35 heavy (non-hydrogen) atoms. The third-order valence-corrected chi connectivity index (χ3v) is 6.83. The highest BCUT2D eigenvalue weighted by Gasteiger charge is 2.44. The minimum atomic E-state index is -1.24. The van der Waals surface area contributed by atoms with Crippen LogP contribution in [0.1, 0.15) is 55.2 Å². The average Bonchev–Trinajstić information content (AvgIpc) is 3.40. The number of ether oxygens (including phenoxy) is 1. The first kappa shape index (κ1) is 24.0. The maximum Gasteiger partial charge on any atom is 0.414 e. The van der Waals surface area contributed by atoms with Crippen molar-refractivity contribution in [2.45, 2.75) is 39.2 Å². The van der Waals surface area contributed by atoms with E-state index in [1.54, 1.807) is 13.8 Å². The molecule has 3 aromatic rings. The number of benzene rings is 2. The van der Waals surface area contributed by atoms with Crippen LogP contribution in [0, 0.1) is 5.41 Å². The van der Waals surface area contributed by atoms with Gasteiger partial charge in [0.15, 0.2) is 5.69 Å². The Bertz CT molecular complexity index is 1250.